The molecule has 0 radical (unpaired) electrons. The predicted octanol–water partition coefficient (Wildman–Crippen LogP) is 2.23. The summed E-state index contributed by atoms with van der Waals surface area (Å²) in [5, 5.41) is 0. The number of hydrogen-bond donors (Lipinski definition) is 2. The van der Waals surface area contributed by atoms with Gasteiger partial charge >= 0.3 is 0 Å². The normalized spacial score (nSPS) is 9.11. The van der Waals surface area contributed by atoms with E-state index >= 15 is 0 Å². The Morgan fingerprint density at radius 3 is 1.44 bits per heavy atom. The third-order valence-corrected chi connectivity index (χ3v) is 2.20. The molecule has 0 saturated carbocycles. The second-order valence-corrected chi connectivity index (χ2v) is 3.48. The Labute approximate surface area is 105 Å². The van der Waals surface area contributed by atoms with E-state index in [2.05, 4.69) is 12.2 Å². The van der Waals surface area contributed by atoms with Crippen LogP contribution in [0, 0.1) is 12.2 Å². The molecule has 2 rings (SSSR count). The molecule has 90 valence electrons. The van der Waals surface area contributed by atoms with E-state index in [1.807, 2.05) is 24.3 Å². The molecule has 2 aromatic carbocycles. The zero-order chi connectivity index (χ0) is 12.8. The Morgan fingerprint density at radius 1 is 0.667 bits per heavy atom. The van der Waals surface area contributed by atoms with Crippen LogP contribution in [0.25, 0.3) is 0 Å². The van der Waals surface area contributed by atoms with E-state index in [0.717, 1.165) is 0 Å². The lowest BCUT2D eigenvalue weighted by Gasteiger charge is -2.01. The van der Waals surface area contributed by atoms with Gasteiger partial charge in [-0.25, -0.2) is 0 Å². The van der Waals surface area contributed by atoms with Crippen molar-refractivity contribution in [1.82, 2.24) is 0 Å². The van der Waals surface area contributed by atoms with Crippen molar-refractivity contribution in [3.63, 3.8) is 0 Å². The first kappa shape index (κ1) is 11.7. The van der Waals surface area contributed by atoms with Crippen LogP contribution in [-0.2, 0) is 0 Å². The van der Waals surface area contributed by atoms with E-state index in [1.54, 1.807) is 24.3 Å². The van der Waals surface area contributed by atoms with Crippen LogP contribution >= 0.6 is 0 Å². The molecule has 4 heteroatoms. The molecule has 0 aliphatic carbocycles. The van der Waals surface area contributed by atoms with Gasteiger partial charge in [-0.15, -0.1) is 0 Å². The first-order chi connectivity index (χ1) is 8.77. The maximum atomic E-state index is 5.68. The molecule has 0 fully saturated rings. The largest absolute Gasteiger partial charge is 0.403 e. The first-order valence-corrected chi connectivity index (χ1v) is 5.30. The van der Waals surface area contributed by atoms with Crippen LogP contribution in [0.3, 0.4) is 0 Å². The van der Waals surface area contributed by atoms with E-state index in [0.29, 0.717) is 22.9 Å². The van der Waals surface area contributed by atoms with Gasteiger partial charge in [-0.05, 0) is 24.3 Å². The molecule has 4 N–H and O–H groups in total. The highest BCUT2D eigenvalue weighted by molar-refractivity contribution is 5.53. The minimum Gasteiger partial charge on any atom is -0.403 e. The second kappa shape index (κ2) is 5.51. The average molecular weight is 240 g/mol. The summed E-state index contributed by atoms with van der Waals surface area (Å²) in [7, 11) is 0. The van der Waals surface area contributed by atoms with Gasteiger partial charge in [0, 0.05) is 0 Å². The van der Waals surface area contributed by atoms with Crippen molar-refractivity contribution < 1.29 is 9.47 Å². The Kier molecular flexibility index (Phi) is 3.57. The number of nitrogen functional groups attached to an aromatic ring is 2. The molecule has 0 unspecified atom stereocenters. The minimum absolute atomic E-state index is 0.495. The highest BCUT2D eigenvalue weighted by atomic mass is 16.5. The van der Waals surface area contributed by atoms with Gasteiger partial charge in [-0.3, -0.25) is 0 Å². The molecular weight excluding hydrogens is 228 g/mol. The summed E-state index contributed by atoms with van der Waals surface area (Å²) >= 11 is 0. The minimum atomic E-state index is 0.495. The van der Waals surface area contributed by atoms with Gasteiger partial charge < -0.3 is 20.9 Å². The van der Waals surface area contributed by atoms with E-state index < -0.39 is 0 Å². The molecule has 0 aliphatic heterocycles. The molecule has 0 saturated heterocycles. The third-order valence-electron chi connectivity index (χ3n) is 2.20. The SMILES string of the molecule is Nc1ccccc1OC#COc1ccccc1N. The summed E-state index contributed by atoms with van der Waals surface area (Å²) < 4.78 is 10.3. The monoisotopic (exact) mass is 240 g/mol. The summed E-state index contributed by atoms with van der Waals surface area (Å²) in [6, 6.07) is 14.2. The first-order valence-electron chi connectivity index (χ1n) is 5.30. The quantitative estimate of drug-likeness (QED) is 0.623. The van der Waals surface area contributed by atoms with Gasteiger partial charge in [0.2, 0.25) is 0 Å². The van der Waals surface area contributed by atoms with Crippen molar-refractivity contribution in [2.75, 3.05) is 11.5 Å². The molecular formula is C14H12N2O2. The van der Waals surface area contributed by atoms with Gasteiger partial charge in [0.05, 0.1) is 11.4 Å². The lowest BCUT2D eigenvalue weighted by Crippen LogP contribution is -1.93. The van der Waals surface area contributed by atoms with E-state index in [4.69, 9.17) is 20.9 Å². The summed E-state index contributed by atoms with van der Waals surface area (Å²) in [5.41, 5.74) is 12.4. The van der Waals surface area contributed by atoms with Gasteiger partial charge in [0.1, 0.15) is 0 Å². The van der Waals surface area contributed by atoms with E-state index in [1.165, 1.54) is 0 Å². The predicted molar refractivity (Wildman–Crippen MR) is 70.7 cm³/mol. The number of nitrogens with two attached hydrogens (primary N) is 2. The fourth-order valence-corrected chi connectivity index (χ4v) is 1.30. The third kappa shape index (κ3) is 2.86. The summed E-state index contributed by atoms with van der Waals surface area (Å²) in [5.74, 6) is 0.990. The van der Waals surface area contributed by atoms with Crippen molar-refractivity contribution >= 4 is 11.4 Å². The molecule has 0 bridgehead atoms. The van der Waals surface area contributed by atoms with Crippen molar-refractivity contribution in [3.8, 4) is 23.7 Å². The summed E-state index contributed by atoms with van der Waals surface area (Å²) in [6.07, 6.45) is 4.82. The summed E-state index contributed by atoms with van der Waals surface area (Å²) in [4.78, 5) is 0. The maximum absolute atomic E-state index is 5.68. The average Bonchev–Trinajstić information content (AvgIpc) is 2.38. The van der Waals surface area contributed by atoms with Crippen LogP contribution in [0.4, 0.5) is 11.4 Å². The highest BCUT2D eigenvalue weighted by Gasteiger charge is 1.97. The van der Waals surface area contributed by atoms with Gasteiger partial charge in [-0.1, -0.05) is 24.3 Å². The summed E-state index contributed by atoms with van der Waals surface area (Å²) in [6.45, 7) is 0. The van der Waals surface area contributed by atoms with Crippen LogP contribution in [0.1, 0.15) is 0 Å². The zero-order valence-electron chi connectivity index (χ0n) is 9.59. The van der Waals surface area contributed by atoms with Crippen LogP contribution in [0.15, 0.2) is 48.5 Å². The van der Waals surface area contributed by atoms with Crippen molar-refractivity contribution in [2.45, 2.75) is 0 Å². The molecule has 2 aromatic rings. The standard InChI is InChI=1S/C14H12N2O2/c15-11-5-1-3-7-13(11)17-9-10-18-14-8-4-2-6-12(14)16/h1-8H,15-16H2. The smallest absolute Gasteiger partial charge is 0.163 e. The molecule has 18 heavy (non-hydrogen) atoms. The molecule has 0 amide bonds. The fourth-order valence-electron chi connectivity index (χ4n) is 1.30. The molecule has 0 atom stereocenters. The number of hydrogen-bond acceptors (Lipinski definition) is 4. The van der Waals surface area contributed by atoms with Gasteiger partial charge in [-0.2, -0.15) is 0 Å². The van der Waals surface area contributed by atoms with Crippen molar-refractivity contribution in [1.29, 1.82) is 0 Å². The fraction of sp³-hybridized carbons (Fsp3) is 0. The van der Waals surface area contributed by atoms with Crippen LogP contribution in [-0.4, -0.2) is 0 Å². The van der Waals surface area contributed by atoms with Crippen molar-refractivity contribution in [2.24, 2.45) is 0 Å². The molecule has 0 heterocycles. The highest BCUT2D eigenvalue weighted by Crippen LogP contribution is 2.20. The van der Waals surface area contributed by atoms with E-state index in [-0.39, 0.29) is 0 Å². The van der Waals surface area contributed by atoms with Crippen LogP contribution in [0.5, 0.6) is 11.5 Å². The lowest BCUT2D eigenvalue weighted by molar-refractivity contribution is 0.482. The number of rotatable bonds is 2. The number of para-hydroxylation sites is 4. The van der Waals surface area contributed by atoms with Crippen LogP contribution < -0.4 is 20.9 Å². The lowest BCUT2D eigenvalue weighted by atomic mass is 10.3. The zero-order valence-corrected chi connectivity index (χ0v) is 9.59. The van der Waals surface area contributed by atoms with Gasteiger partial charge in [0.15, 0.2) is 23.7 Å². The Balaban J connectivity index is 1.99. The number of ether oxygens (including phenoxy) is 2. The second-order valence-electron chi connectivity index (χ2n) is 3.48. The molecule has 4 nitrogen and oxygen atoms in total. The Bertz CT molecular complexity index is 548. The number of benzene rings is 2. The maximum Gasteiger partial charge on any atom is 0.163 e. The van der Waals surface area contributed by atoms with Gasteiger partial charge in [0.25, 0.3) is 0 Å². The topological polar surface area (TPSA) is 70.5 Å². The van der Waals surface area contributed by atoms with Crippen LogP contribution in [0.2, 0.25) is 0 Å². The molecule has 0 aliphatic rings. The number of anilines is 2. The molecule has 0 aromatic heterocycles. The Morgan fingerprint density at radius 2 is 1.06 bits per heavy atom. The molecule has 0 spiro atoms. The Hall–Kier alpha value is -2.80. The van der Waals surface area contributed by atoms with E-state index in [9.17, 15) is 0 Å². The van der Waals surface area contributed by atoms with Crippen molar-refractivity contribution in [3.05, 3.63) is 48.5 Å².